The van der Waals surface area contributed by atoms with Crippen molar-refractivity contribution >= 4 is 44.5 Å². The van der Waals surface area contributed by atoms with Crippen LogP contribution in [0.25, 0.3) is 16.7 Å². The van der Waals surface area contributed by atoms with Gasteiger partial charge in [-0.25, -0.2) is 9.78 Å². The van der Waals surface area contributed by atoms with Gasteiger partial charge in [0.1, 0.15) is 16.9 Å². The van der Waals surface area contributed by atoms with Crippen LogP contribution in [-0.2, 0) is 16.0 Å². The molecule has 10 heteroatoms. The predicted octanol–water partition coefficient (Wildman–Crippen LogP) is 3.51. The van der Waals surface area contributed by atoms with Crippen molar-refractivity contribution in [1.82, 2.24) is 14.0 Å². The SMILES string of the molecule is CCOC(=O)c1cc2c(=O)n3ccccc3nc2n(C[C@H]2CCCO2)c1=NC(=O)c1ccc(Br)cc1. The molecule has 0 aliphatic carbocycles. The van der Waals surface area contributed by atoms with Crippen LogP contribution in [0.3, 0.4) is 0 Å². The van der Waals surface area contributed by atoms with Gasteiger partial charge in [0.2, 0.25) is 0 Å². The maximum absolute atomic E-state index is 13.4. The van der Waals surface area contributed by atoms with Gasteiger partial charge in [0.25, 0.3) is 11.5 Å². The lowest BCUT2D eigenvalue weighted by Gasteiger charge is -2.18. The molecule has 0 unspecified atom stereocenters. The summed E-state index contributed by atoms with van der Waals surface area (Å²) in [5, 5.41) is 0.217. The van der Waals surface area contributed by atoms with Gasteiger partial charge in [-0.2, -0.15) is 4.99 Å². The summed E-state index contributed by atoms with van der Waals surface area (Å²) in [5.74, 6) is -1.22. The van der Waals surface area contributed by atoms with Crippen LogP contribution in [0.1, 0.15) is 40.5 Å². The van der Waals surface area contributed by atoms with Crippen molar-refractivity contribution in [1.29, 1.82) is 0 Å². The Balaban J connectivity index is 1.85. The van der Waals surface area contributed by atoms with E-state index in [1.54, 1.807) is 60.2 Å². The van der Waals surface area contributed by atoms with Crippen LogP contribution in [0, 0.1) is 0 Å². The van der Waals surface area contributed by atoms with Crippen LogP contribution in [0.5, 0.6) is 0 Å². The first kappa shape index (κ1) is 24.1. The number of hydrogen-bond donors (Lipinski definition) is 0. The zero-order chi connectivity index (χ0) is 25.2. The molecule has 1 aromatic carbocycles. The Labute approximate surface area is 214 Å². The highest BCUT2D eigenvalue weighted by molar-refractivity contribution is 9.10. The highest BCUT2D eigenvalue weighted by Crippen LogP contribution is 2.18. The predicted molar refractivity (Wildman–Crippen MR) is 136 cm³/mol. The van der Waals surface area contributed by atoms with Crippen molar-refractivity contribution in [3.63, 3.8) is 0 Å². The monoisotopic (exact) mass is 550 g/mol. The smallest absolute Gasteiger partial charge is 0.341 e. The van der Waals surface area contributed by atoms with E-state index in [4.69, 9.17) is 14.5 Å². The van der Waals surface area contributed by atoms with Gasteiger partial charge >= 0.3 is 5.97 Å². The molecule has 0 saturated carbocycles. The summed E-state index contributed by atoms with van der Waals surface area (Å²) in [7, 11) is 0. The summed E-state index contributed by atoms with van der Waals surface area (Å²) in [6, 6.07) is 13.4. The van der Waals surface area contributed by atoms with E-state index in [-0.39, 0.29) is 41.3 Å². The van der Waals surface area contributed by atoms with E-state index in [1.165, 1.54) is 10.5 Å². The lowest BCUT2D eigenvalue weighted by Crippen LogP contribution is -2.35. The van der Waals surface area contributed by atoms with E-state index in [2.05, 4.69) is 20.9 Å². The van der Waals surface area contributed by atoms with Crippen LogP contribution in [0.2, 0.25) is 0 Å². The molecule has 0 bridgehead atoms. The third-order valence-corrected chi connectivity index (χ3v) is 6.52. The molecule has 36 heavy (non-hydrogen) atoms. The highest BCUT2D eigenvalue weighted by atomic mass is 79.9. The molecule has 1 atom stereocenters. The Morgan fingerprint density at radius 3 is 2.75 bits per heavy atom. The summed E-state index contributed by atoms with van der Waals surface area (Å²) >= 11 is 3.36. The Hall–Kier alpha value is -3.63. The van der Waals surface area contributed by atoms with E-state index < -0.39 is 11.9 Å². The van der Waals surface area contributed by atoms with Crippen molar-refractivity contribution in [2.24, 2.45) is 4.99 Å². The third kappa shape index (κ3) is 4.61. The van der Waals surface area contributed by atoms with Crippen LogP contribution in [-0.4, -0.2) is 45.1 Å². The Bertz CT molecular complexity index is 1600. The van der Waals surface area contributed by atoms with Gasteiger partial charge in [-0.3, -0.25) is 14.0 Å². The summed E-state index contributed by atoms with van der Waals surface area (Å²) in [6.07, 6.45) is 3.13. The third-order valence-electron chi connectivity index (χ3n) is 5.99. The number of benzene rings is 1. The van der Waals surface area contributed by atoms with Crippen molar-refractivity contribution < 1.29 is 19.1 Å². The quantitative estimate of drug-likeness (QED) is 0.278. The molecule has 9 nitrogen and oxygen atoms in total. The first-order valence-electron chi connectivity index (χ1n) is 11.6. The van der Waals surface area contributed by atoms with Crippen LogP contribution < -0.4 is 11.0 Å². The number of esters is 1. The average Bonchev–Trinajstić information content (AvgIpc) is 3.39. The van der Waals surface area contributed by atoms with Gasteiger partial charge in [-0.05, 0) is 62.2 Å². The van der Waals surface area contributed by atoms with E-state index >= 15 is 0 Å². The topological polar surface area (TPSA) is 104 Å². The molecule has 184 valence electrons. The second-order valence-corrected chi connectivity index (χ2v) is 9.27. The van der Waals surface area contributed by atoms with Crippen molar-refractivity contribution in [3.8, 4) is 0 Å². The lowest BCUT2D eigenvalue weighted by molar-refractivity contribution is 0.0521. The first-order chi connectivity index (χ1) is 17.5. The van der Waals surface area contributed by atoms with Gasteiger partial charge in [0.05, 0.1) is 24.6 Å². The molecule has 4 heterocycles. The molecule has 0 spiro atoms. The minimum absolute atomic E-state index is 0.0163. The van der Waals surface area contributed by atoms with E-state index in [9.17, 15) is 14.4 Å². The van der Waals surface area contributed by atoms with Gasteiger partial charge in [0, 0.05) is 22.8 Å². The summed E-state index contributed by atoms with van der Waals surface area (Å²) in [4.78, 5) is 48.8. The number of halogens is 1. The molecule has 3 aromatic heterocycles. The van der Waals surface area contributed by atoms with E-state index in [1.807, 2.05) is 0 Å². The number of nitrogens with zero attached hydrogens (tertiary/aromatic N) is 4. The Morgan fingerprint density at radius 1 is 1.22 bits per heavy atom. The number of rotatable bonds is 5. The fourth-order valence-electron chi connectivity index (χ4n) is 4.28. The van der Waals surface area contributed by atoms with Crippen LogP contribution >= 0.6 is 15.9 Å². The highest BCUT2D eigenvalue weighted by Gasteiger charge is 2.24. The largest absolute Gasteiger partial charge is 0.462 e. The van der Waals surface area contributed by atoms with E-state index in [0.717, 1.165) is 17.3 Å². The Morgan fingerprint density at radius 2 is 2.03 bits per heavy atom. The fraction of sp³-hybridized carbons (Fsp3) is 0.269. The maximum Gasteiger partial charge on any atom is 0.341 e. The standard InChI is InChI=1S/C26H23BrN4O5/c1-2-35-26(34)20-14-19-22(28-21-7-3-4-12-30(21)25(19)33)31(15-18-6-5-13-36-18)23(20)29-24(32)16-8-10-17(27)11-9-16/h3-4,7-12,14,18H,2,5-6,13,15H2,1H3/t18-/m1/s1. The zero-order valence-electron chi connectivity index (χ0n) is 19.5. The number of carbonyl (C=O) groups is 2. The lowest BCUT2D eigenvalue weighted by atomic mass is 10.1. The Kier molecular flexibility index (Phi) is 6.80. The van der Waals surface area contributed by atoms with Crippen LogP contribution in [0.15, 0.2) is 69.0 Å². The number of hydrogen-bond acceptors (Lipinski definition) is 6. The number of carbonyl (C=O) groups excluding carboxylic acids is 2. The van der Waals surface area contributed by atoms with Crippen LogP contribution in [0.4, 0.5) is 0 Å². The van der Waals surface area contributed by atoms with Crippen molar-refractivity contribution in [2.45, 2.75) is 32.4 Å². The van der Waals surface area contributed by atoms with E-state index in [0.29, 0.717) is 23.5 Å². The van der Waals surface area contributed by atoms with Gasteiger partial charge in [-0.15, -0.1) is 0 Å². The normalized spacial score (nSPS) is 16.1. The maximum atomic E-state index is 13.4. The first-order valence-corrected chi connectivity index (χ1v) is 12.4. The molecule has 0 radical (unpaired) electrons. The van der Waals surface area contributed by atoms with Crippen molar-refractivity contribution in [2.75, 3.05) is 13.2 Å². The minimum atomic E-state index is -0.680. The molecule has 5 rings (SSSR count). The molecule has 1 saturated heterocycles. The number of pyridine rings is 2. The number of amides is 1. The molecule has 1 amide bonds. The van der Waals surface area contributed by atoms with Gasteiger partial charge in [0.15, 0.2) is 5.49 Å². The average molecular weight is 551 g/mol. The summed E-state index contributed by atoms with van der Waals surface area (Å²) in [6.45, 7) is 2.69. The molecule has 0 N–H and O–H groups in total. The number of fused-ring (bicyclic) bond motifs is 2. The van der Waals surface area contributed by atoms with Crippen molar-refractivity contribution in [3.05, 3.63) is 86.2 Å². The molecule has 1 aliphatic rings. The molecule has 4 aromatic rings. The minimum Gasteiger partial charge on any atom is -0.462 e. The van der Waals surface area contributed by atoms with Gasteiger partial charge in [-0.1, -0.05) is 22.0 Å². The molecule has 1 fully saturated rings. The second-order valence-electron chi connectivity index (χ2n) is 8.35. The number of ether oxygens (including phenoxy) is 2. The summed E-state index contributed by atoms with van der Waals surface area (Å²) < 4.78 is 15.0. The zero-order valence-corrected chi connectivity index (χ0v) is 21.1. The number of aromatic nitrogens is 3. The second kappa shape index (κ2) is 10.2. The van der Waals surface area contributed by atoms with Gasteiger partial charge < -0.3 is 14.0 Å². The molecular formula is C26H23BrN4O5. The fourth-order valence-corrected chi connectivity index (χ4v) is 4.54. The summed E-state index contributed by atoms with van der Waals surface area (Å²) in [5.41, 5.74) is 0.859. The molecular weight excluding hydrogens is 528 g/mol. The molecule has 1 aliphatic heterocycles.